The number of sulfonamides is 1. The van der Waals surface area contributed by atoms with Crippen LogP contribution in [-0.2, 0) is 16.6 Å². The Bertz CT molecular complexity index is 889. The lowest BCUT2D eigenvalue weighted by atomic mass is 10.1. The van der Waals surface area contributed by atoms with Crippen molar-refractivity contribution in [3.8, 4) is 0 Å². The fourth-order valence-corrected chi connectivity index (χ4v) is 4.71. The minimum absolute atomic E-state index is 0.113. The van der Waals surface area contributed by atoms with E-state index in [2.05, 4.69) is 0 Å². The predicted octanol–water partition coefficient (Wildman–Crippen LogP) is 3.52. The summed E-state index contributed by atoms with van der Waals surface area (Å²) in [5.74, 6) is -0.113. The molecule has 1 saturated carbocycles. The number of carbonyl (C=O) groups is 1. The van der Waals surface area contributed by atoms with E-state index in [1.165, 1.54) is 10.4 Å². The number of rotatable bonds is 8. The zero-order chi connectivity index (χ0) is 19.4. The molecule has 144 valence electrons. The van der Waals surface area contributed by atoms with Crippen LogP contribution in [0.5, 0.6) is 0 Å². The Hall–Kier alpha value is -2.18. The monoisotopic (exact) mass is 386 g/mol. The van der Waals surface area contributed by atoms with Crippen LogP contribution in [0.3, 0.4) is 0 Å². The highest BCUT2D eigenvalue weighted by atomic mass is 32.2. The van der Waals surface area contributed by atoms with Gasteiger partial charge >= 0.3 is 0 Å². The Morgan fingerprint density at radius 3 is 2.26 bits per heavy atom. The minimum Gasteiger partial charge on any atom is -0.331 e. The molecule has 5 nitrogen and oxygen atoms in total. The van der Waals surface area contributed by atoms with E-state index >= 15 is 0 Å². The van der Waals surface area contributed by atoms with Crippen LogP contribution in [0, 0.1) is 0 Å². The fourth-order valence-electron chi connectivity index (χ4n) is 3.20. The lowest BCUT2D eigenvalue weighted by Crippen LogP contribution is -2.33. The van der Waals surface area contributed by atoms with Gasteiger partial charge in [0.1, 0.15) is 0 Å². The maximum Gasteiger partial charge on any atom is 0.254 e. The van der Waals surface area contributed by atoms with Gasteiger partial charge in [-0.15, -0.1) is 0 Å². The molecule has 0 spiro atoms. The molecule has 0 aliphatic heterocycles. The summed E-state index contributed by atoms with van der Waals surface area (Å²) in [7, 11) is -3.58. The molecule has 1 aliphatic rings. The summed E-state index contributed by atoms with van der Waals surface area (Å²) >= 11 is 0. The third kappa shape index (κ3) is 4.39. The lowest BCUT2D eigenvalue weighted by Gasteiger charge is -2.23. The molecule has 27 heavy (non-hydrogen) atoms. The Morgan fingerprint density at radius 2 is 1.67 bits per heavy atom. The van der Waals surface area contributed by atoms with Crippen LogP contribution in [0.2, 0.25) is 0 Å². The smallest absolute Gasteiger partial charge is 0.254 e. The van der Waals surface area contributed by atoms with E-state index in [-0.39, 0.29) is 16.8 Å². The Labute approximate surface area is 161 Å². The van der Waals surface area contributed by atoms with Crippen LogP contribution >= 0.6 is 0 Å². The number of hydrogen-bond donors (Lipinski definition) is 0. The summed E-state index contributed by atoms with van der Waals surface area (Å²) in [6, 6.07) is 16.5. The molecule has 1 fully saturated rings. The van der Waals surface area contributed by atoms with Crippen LogP contribution in [-0.4, -0.2) is 42.7 Å². The van der Waals surface area contributed by atoms with Crippen LogP contribution in [0.15, 0.2) is 59.5 Å². The highest BCUT2D eigenvalue weighted by Crippen LogP contribution is 2.30. The second kappa shape index (κ2) is 8.23. The van der Waals surface area contributed by atoms with Gasteiger partial charge in [0, 0.05) is 31.2 Å². The van der Waals surface area contributed by atoms with Crippen molar-refractivity contribution in [1.82, 2.24) is 9.21 Å². The predicted molar refractivity (Wildman–Crippen MR) is 106 cm³/mol. The van der Waals surface area contributed by atoms with Crippen LogP contribution in [0.4, 0.5) is 0 Å². The van der Waals surface area contributed by atoms with Crippen molar-refractivity contribution in [2.45, 2.75) is 44.2 Å². The number of carbonyl (C=O) groups excluding carboxylic acids is 1. The first kappa shape index (κ1) is 19.6. The summed E-state index contributed by atoms with van der Waals surface area (Å²) in [4.78, 5) is 15.2. The van der Waals surface area contributed by atoms with Gasteiger partial charge in [-0.25, -0.2) is 8.42 Å². The quantitative estimate of drug-likeness (QED) is 0.697. The Morgan fingerprint density at radius 1 is 1.00 bits per heavy atom. The maximum absolute atomic E-state index is 13.1. The van der Waals surface area contributed by atoms with Gasteiger partial charge in [-0.2, -0.15) is 4.31 Å². The van der Waals surface area contributed by atoms with Crippen molar-refractivity contribution in [2.24, 2.45) is 0 Å². The van der Waals surface area contributed by atoms with Crippen LogP contribution < -0.4 is 0 Å². The summed E-state index contributed by atoms with van der Waals surface area (Å²) in [5.41, 5.74) is 1.50. The van der Waals surface area contributed by atoms with Crippen LogP contribution in [0.25, 0.3) is 0 Å². The molecule has 0 bridgehead atoms. The van der Waals surface area contributed by atoms with E-state index in [1.54, 1.807) is 18.2 Å². The summed E-state index contributed by atoms with van der Waals surface area (Å²) in [6.07, 6.45) is 1.99. The van der Waals surface area contributed by atoms with Crippen molar-refractivity contribution in [3.63, 3.8) is 0 Å². The van der Waals surface area contributed by atoms with Crippen molar-refractivity contribution < 1.29 is 13.2 Å². The highest BCUT2D eigenvalue weighted by Gasteiger charge is 2.33. The molecular weight excluding hydrogens is 360 g/mol. The third-order valence-corrected chi connectivity index (χ3v) is 6.91. The molecule has 3 rings (SSSR count). The first-order chi connectivity index (χ1) is 13.0. The molecule has 0 unspecified atom stereocenters. The molecule has 0 saturated heterocycles. The average molecular weight is 387 g/mol. The minimum atomic E-state index is -3.58. The summed E-state index contributed by atoms with van der Waals surface area (Å²) in [5, 5.41) is 0. The van der Waals surface area contributed by atoms with Crippen molar-refractivity contribution >= 4 is 15.9 Å². The zero-order valence-corrected chi connectivity index (χ0v) is 16.7. The molecule has 0 radical (unpaired) electrons. The van der Waals surface area contributed by atoms with E-state index in [4.69, 9.17) is 0 Å². The first-order valence-electron chi connectivity index (χ1n) is 9.42. The normalized spacial score (nSPS) is 14.3. The molecule has 2 aromatic rings. The number of amides is 1. The van der Waals surface area contributed by atoms with Gasteiger partial charge in [0.25, 0.3) is 5.91 Å². The van der Waals surface area contributed by atoms with Gasteiger partial charge < -0.3 is 4.90 Å². The largest absolute Gasteiger partial charge is 0.331 e. The molecule has 0 atom stereocenters. The molecule has 6 heteroatoms. The Balaban J connectivity index is 1.88. The van der Waals surface area contributed by atoms with Crippen LogP contribution in [0.1, 0.15) is 42.6 Å². The second-order valence-corrected chi connectivity index (χ2v) is 8.70. The van der Waals surface area contributed by atoms with Crippen molar-refractivity contribution in [1.29, 1.82) is 0 Å². The second-order valence-electron chi connectivity index (χ2n) is 6.77. The molecule has 1 aliphatic carbocycles. The first-order valence-corrected chi connectivity index (χ1v) is 10.9. The molecular formula is C21H26N2O3S. The van der Waals surface area contributed by atoms with E-state index in [0.717, 1.165) is 18.4 Å². The zero-order valence-electron chi connectivity index (χ0n) is 15.8. The number of benzene rings is 2. The van der Waals surface area contributed by atoms with Gasteiger partial charge in [0.2, 0.25) is 10.0 Å². The fraction of sp³-hybridized carbons (Fsp3) is 0.381. The SMILES string of the molecule is CCN(CC)S(=O)(=O)c1cccc(C(=O)N(Cc2ccccc2)C2CC2)c1. The molecule has 2 aromatic carbocycles. The Kier molecular flexibility index (Phi) is 5.97. The van der Waals surface area contributed by atoms with Gasteiger partial charge in [-0.3, -0.25) is 4.79 Å². The molecule has 0 heterocycles. The highest BCUT2D eigenvalue weighted by molar-refractivity contribution is 7.89. The molecule has 0 N–H and O–H groups in total. The van der Waals surface area contributed by atoms with Crippen molar-refractivity contribution in [3.05, 3.63) is 65.7 Å². The number of hydrogen-bond acceptors (Lipinski definition) is 3. The standard InChI is InChI=1S/C21H26N2O3S/c1-3-22(4-2)27(25,26)20-12-8-11-18(15-20)21(24)23(19-13-14-19)16-17-9-6-5-7-10-17/h5-12,15,19H,3-4,13-14,16H2,1-2H3. The van der Waals surface area contributed by atoms with Gasteiger partial charge in [0.15, 0.2) is 0 Å². The maximum atomic E-state index is 13.1. The topological polar surface area (TPSA) is 57.7 Å². The average Bonchev–Trinajstić information content (AvgIpc) is 3.52. The summed E-state index contributed by atoms with van der Waals surface area (Å²) in [6.45, 7) is 4.96. The van der Waals surface area contributed by atoms with E-state index in [1.807, 2.05) is 49.1 Å². The van der Waals surface area contributed by atoms with Gasteiger partial charge in [0.05, 0.1) is 4.90 Å². The third-order valence-electron chi connectivity index (χ3n) is 4.87. The number of nitrogens with zero attached hydrogens (tertiary/aromatic N) is 2. The van der Waals surface area contributed by atoms with E-state index < -0.39 is 10.0 Å². The summed E-state index contributed by atoms with van der Waals surface area (Å²) < 4.78 is 27.0. The van der Waals surface area contributed by atoms with E-state index in [0.29, 0.717) is 25.2 Å². The van der Waals surface area contributed by atoms with Crippen molar-refractivity contribution in [2.75, 3.05) is 13.1 Å². The molecule has 0 aromatic heterocycles. The molecule has 1 amide bonds. The lowest BCUT2D eigenvalue weighted by molar-refractivity contribution is 0.0729. The van der Waals surface area contributed by atoms with Gasteiger partial charge in [-0.05, 0) is 36.6 Å². The van der Waals surface area contributed by atoms with E-state index in [9.17, 15) is 13.2 Å². The van der Waals surface area contributed by atoms with Gasteiger partial charge in [-0.1, -0.05) is 50.2 Å².